The minimum Gasteiger partial charge on any atom is -0.467 e. The van der Waals surface area contributed by atoms with E-state index in [4.69, 9.17) is 27.8 Å². The van der Waals surface area contributed by atoms with Gasteiger partial charge in [-0.2, -0.15) is 0 Å². The van der Waals surface area contributed by atoms with Crippen LogP contribution in [-0.4, -0.2) is 71.6 Å². The molecular formula is C36H40N4O10S. The van der Waals surface area contributed by atoms with Crippen molar-refractivity contribution in [2.45, 2.75) is 77.7 Å². The molecule has 14 nitrogen and oxygen atoms in total. The number of oxazole rings is 2. The van der Waals surface area contributed by atoms with Gasteiger partial charge in [0.15, 0.2) is 11.2 Å². The van der Waals surface area contributed by atoms with E-state index in [0.717, 1.165) is 20.9 Å². The zero-order valence-electron chi connectivity index (χ0n) is 29.6. The summed E-state index contributed by atoms with van der Waals surface area (Å²) < 4.78 is 32.5. The molecule has 2 N–H and O–H groups in total. The number of methoxy groups -OCH3 is 2. The van der Waals surface area contributed by atoms with E-state index in [1.807, 2.05) is 12.1 Å². The smallest absolute Gasteiger partial charge is 0.408 e. The standard InChI is InChI=1S/C36H40N4O10S/c1-35(2,3)49-33(43)39-23(31(41)45-7)17-19-9-11-25-21(15-19)37-29(47-25)27-13-14-28(51-27)30-38-22-16-20(10-12-26(22)48-30)18-24(32(42)46-8)40-34(44)50-36(4,5)6/h9-16,23-24H,17-18H2,1-8H3,(H,39,43)(H,40,44)/t23-,24-/m0/s1. The Labute approximate surface area is 297 Å². The predicted octanol–water partition coefficient (Wildman–Crippen LogP) is 6.58. The van der Waals surface area contributed by atoms with Crippen molar-refractivity contribution < 1.29 is 47.0 Å². The Kier molecular flexibility index (Phi) is 10.7. The molecule has 0 radical (unpaired) electrons. The highest BCUT2D eigenvalue weighted by Gasteiger charge is 2.27. The first-order valence-electron chi connectivity index (χ1n) is 16.0. The van der Waals surface area contributed by atoms with Crippen LogP contribution >= 0.6 is 11.3 Å². The highest BCUT2D eigenvalue weighted by molar-refractivity contribution is 7.18. The summed E-state index contributed by atoms with van der Waals surface area (Å²) >= 11 is 1.38. The summed E-state index contributed by atoms with van der Waals surface area (Å²) in [6.07, 6.45) is -1.15. The number of carbonyl (C=O) groups excluding carboxylic acids is 4. The van der Waals surface area contributed by atoms with Crippen LogP contribution in [0.3, 0.4) is 0 Å². The van der Waals surface area contributed by atoms with Crippen molar-refractivity contribution in [3.8, 4) is 21.5 Å². The largest absolute Gasteiger partial charge is 0.467 e. The molecule has 3 heterocycles. The van der Waals surface area contributed by atoms with Crippen LogP contribution in [0.4, 0.5) is 9.59 Å². The second-order valence-corrected chi connectivity index (χ2v) is 14.7. The maximum atomic E-state index is 12.4. The third-order valence-electron chi connectivity index (χ3n) is 7.16. The Morgan fingerprint density at radius 3 is 1.41 bits per heavy atom. The summed E-state index contributed by atoms with van der Waals surface area (Å²) in [4.78, 5) is 60.4. The van der Waals surface area contributed by atoms with Gasteiger partial charge in [0.1, 0.15) is 34.3 Å². The number of esters is 2. The lowest BCUT2D eigenvalue weighted by molar-refractivity contribution is -0.143. The summed E-state index contributed by atoms with van der Waals surface area (Å²) in [5.41, 5.74) is 2.21. The molecule has 270 valence electrons. The zero-order chi connectivity index (χ0) is 37.1. The quantitative estimate of drug-likeness (QED) is 0.117. The number of thiophene rings is 1. The molecule has 2 aromatic carbocycles. The second-order valence-electron chi connectivity index (χ2n) is 13.7. The molecule has 5 aromatic rings. The van der Waals surface area contributed by atoms with Gasteiger partial charge < -0.3 is 38.4 Å². The summed E-state index contributed by atoms with van der Waals surface area (Å²) in [5, 5.41) is 5.16. The van der Waals surface area contributed by atoms with Crippen LogP contribution < -0.4 is 10.6 Å². The van der Waals surface area contributed by atoms with Crippen molar-refractivity contribution in [2.24, 2.45) is 0 Å². The van der Waals surface area contributed by atoms with E-state index in [1.54, 1.807) is 77.9 Å². The Balaban J connectivity index is 1.31. The van der Waals surface area contributed by atoms with Crippen LogP contribution in [0, 0.1) is 0 Å². The molecule has 15 heteroatoms. The molecule has 0 saturated carbocycles. The Hall–Kier alpha value is -5.44. The van der Waals surface area contributed by atoms with Crippen LogP contribution in [0.15, 0.2) is 57.4 Å². The van der Waals surface area contributed by atoms with Crippen molar-refractivity contribution in [1.29, 1.82) is 0 Å². The molecule has 2 atom stereocenters. The zero-order valence-corrected chi connectivity index (χ0v) is 30.4. The normalized spacial score (nSPS) is 13.0. The van der Waals surface area contributed by atoms with E-state index in [2.05, 4.69) is 20.6 Å². The van der Waals surface area contributed by atoms with E-state index in [1.165, 1.54) is 25.6 Å². The topological polar surface area (TPSA) is 181 Å². The molecule has 3 aromatic heterocycles. The van der Waals surface area contributed by atoms with Crippen LogP contribution in [0.25, 0.3) is 43.7 Å². The minimum atomic E-state index is -0.968. The molecule has 5 rings (SSSR count). The van der Waals surface area contributed by atoms with Gasteiger partial charge in [-0.05, 0) is 89.1 Å². The molecule has 0 spiro atoms. The van der Waals surface area contributed by atoms with Crippen LogP contribution in [0.1, 0.15) is 52.7 Å². The van der Waals surface area contributed by atoms with Crippen LogP contribution in [0.2, 0.25) is 0 Å². The number of ether oxygens (including phenoxy) is 4. The summed E-state index contributed by atoms with van der Waals surface area (Å²) in [5.74, 6) is -0.438. The van der Waals surface area contributed by atoms with Gasteiger partial charge >= 0.3 is 24.1 Å². The second kappa shape index (κ2) is 14.8. The number of alkyl carbamates (subject to hydrolysis) is 2. The lowest BCUT2D eigenvalue weighted by atomic mass is 10.1. The van der Waals surface area contributed by atoms with Gasteiger partial charge in [0.2, 0.25) is 11.8 Å². The van der Waals surface area contributed by atoms with Gasteiger partial charge in [0.05, 0.1) is 24.0 Å². The lowest BCUT2D eigenvalue weighted by Crippen LogP contribution is -2.45. The lowest BCUT2D eigenvalue weighted by Gasteiger charge is -2.22. The number of hydrogen-bond acceptors (Lipinski definition) is 13. The number of benzene rings is 2. The summed E-state index contributed by atoms with van der Waals surface area (Å²) in [6, 6.07) is 12.4. The highest BCUT2D eigenvalue weighted by atomic mass is 32.1. The molecule has 2 amide bonds. The van der Waals surface area contributed by atoms with Crippen molar-refractivity contribution >= 4 is 57.7 Å². The van der Waals surface area contributed by atoms with Gasteiger partial charge in [-0.25, -0.2) is 29.1 Å². The number of aromatic nitrogens is 2. The fourth-order valence-electron chi connectivity index (χ4n) is 5.02. The number of nitrogens with zero attached hydrogens (tertiary/aromatic N) is 2. The average Bonchev–Trinajstić information content (AvgIpc) is 3.79. The van der Waals surface area contributed by atoms with Crippen LogP contribution in [-0.2, 0) is 41.4 Å². The van der Waals surface area contributed by atoms with E-state index < -0.39 is 47.4 Å². The molecular weight excluding hydrogens is 680 g/mol. The van der Waals surface area contributed by atoms with E-state index >= 15 is 0 Å². The number of nitrogens with one attached hydrogen (secondary N) is 2. The first-order valence-corrected chi connectivity index (χ1v) is 16.9. The van der Waals surface area contributed by atoms with Crippen molar-refractivity contribution in [3.63, 3.8) is 0 Å². The van der Waals surface area contributed by atoms with Crippen molar-refractivity contribution in [2.75, 3.05) is 14.2 Å². The monoisotopic (exact) mass is 720 g/mol. The molecule has 0 aliphatic rings. The van der Waals surface area contributed by atoms with Crippen molar-refractivity contribution in [3.05, 3.63) is 59.7 Å². The number of fused-ring (bicyclic) bond motifs is 2. The van der Waals surface area contributed by atoms with Crippen molar-refractivity contribution in [1.82, 2.24) is 20.6 Å². The Morgan fingerprint density at radius 1 is 0.667 bits per heavy atom. The fourth-order valence-corrected chi connectivity index (χ4v) is 5.88. The molecule has 0 unspecified atom stereocenters. The van der Waals surface area contributed by atoms with Gasteiger partial charge in [-0.1, -0.05) is 12.1 Å². The van der Waals surface area contributed by atoms with Gasteiger partial charge in [-0.15, -0.1) is 11.3 Å². The number of rotatable bonds is 10. The minimum absolute atomic E-state index is 0.149. The fraction of sp³-hybridized carbons (Fsp3) is 0.389. The van der Waals surface area contributed by atoms with E-state index in [0.29, 0.717) is 34.0 Å². The number of hydrogen-bond donors (Lipinski definition) is 2. The van der Waals surface area contributed by atoms with Gasteiger partial charge in [0.25, 0.3) is 0 Å². The predicted molar refractivity (Wildman–Crippen MR) is 188 cm³/mol. The van der Waals surface area contributed by atoms with Gasteiger partial charge in [0, 0.05) is 12.8 Å². The molecule has 0 saturated heterocycles. The molecule has 0 aliphatic heterocycles. The van der Waals surface area contributed by atoms with Crippen LogP contribution in [0.5, 0.6) is 0 Å². The van der Waals surface area contributed by atoms with Gasteiger partial charge in [-0.3, -0.25) is 0 Å². The Morgan fingerprint density at radius 2 is 1.06 bits per heavy atom. The summed E-state index contributed by atoms with van der Waals surface area (Å²) in [7, 11) is 2.51. The average molecular weight is 721 g/mol. The highest BCUT2D eigenvalue weighted by Crippen LogP contribution is 2.36. The molecule has 0 bridgehead atoms. The maximum absolute atomic E-state index is 12.4. The number of amides is 2. The third kappa shape index (κ3) is 9.63. The maximum Gasteiger partial charge on any atom is 0.408 e. The third-order valence-corrected chi connectivity index (χ3v) is 8.23. The molecule has 51 heavy (non-hydrogen) atoms. The SMILES string of the molecule is COC(=O)[C@H](Cc1ccc2oc(-c3ccc(-c4nc5cc(C[C@H](NC(=O)OC(C)(C)C)C(=O)OC)ccc5o4)s3)nc2c1)NC(=O)OC(C)(C)C. The summed E-state index contributed by atoms with van der Waals surface area (Å²) in [6.45, 7) is 10.4. The Bertz CT molecular complexity index is 1920. The van der Waals surface area contributed by atoms with E-state index in [-0.39, 0.29) is 12.8 Å². The molecule has 0 aliphatic carbocycles. The first-order chi connectivity index (χ1) is 24.0. The van der Waals surface area contributed by atoms with E-state index in [9.17, 15) is 19.2 Å². The first kappa shape index (κ1) is 36.8. The molecule has 0 fully saturated rings. The number of carbonyl (C=O) groups is 4.